The van der Waals surface area contributed by atoms with E-state index < -0.39 is 6.61 Å². The molecule has 2 aromatic heterocycles. The van der Waals surface area contributed by atoms with Crippen LogP contribution in [-0.2, 0) is 0 Å². The fourth-order valence-corrected chi connectivity index (χ4v) is 3.26. The predicted octanol–water partition coefficient (Wildman–Crippen LogP) is 3.04. The maximum Gasteiger partial charge on any atom is 0.388 e. The first kappa shape index (κ1) is 19.3. The van der Waals surface area contributed by atoms with Gasteiger partial charge in [0.15, 0.2) is 5.82 Å². The third-order valence-corrected chi connectivity index (χ3v) is 4.57. The van der Waals surface area contributed by atoms with Crippen molar-refractivity contribution in [2.24, 2.45) is 5.92 Å². The number of nitrogens with one attached hydrogen (secondary N) is 2. The van der Waals surface area contributed by atoms with Gasteiger partial charge in [0.1, 0.15) is 11.9 Å². The molecule has 1 aliphatic rings. The number of rotatable bonds is 7. The smallest absolute Gasteiger partial charge is 0.388 e. The van der Waals surface area contributed by atoms with Crippen molar-refractivity contribution in [2.45, 2.75) is 45.4 Å². The molecule has 0 bridgehead atoms. The van der Waals surface area contributed by atoms with Crippen LogP contribution in [0.5, 0.6) is 11.8 Å². The van der Waals surface area contributed by atoms with Gasteiger partial charge in [0.25, 0.3) is 0 Å². The SMILES string of the molecule is CC(C)[C@H]1CC(Oc2cncc(Nc3cc(OC(F)F)n[nH]3)n2)CCN1C. The summed E-state index contributed by atoms with van der Waals surface area (Å²) < 4.78 is 34.6. The largest absolute Gasteiger partial charge is 0.473 e. The first-order valence-electron chi connectivity index (χ1n) is 8.87. The van der Waals surface area contributed by atoms with E-state index >= 15 is 0 Å². The molecule has 1 unspecified atom stereocenters. The summed E-state index contributed by atoms with van der Waals surface area (Å²) in [6.45, 7) is 2.47. The molecule has 2 aromatic rings. The number of likely N-dealkylation sites (tertiary alicyclic amines) is 1. The van der Waals surface area contributed by atoms with E-state index in [2.05, 4.69) is 56.0 Å². The second-order valence-corrected chi connectivity index (χ2v) is 6.92. The zero-order valence-corrected chi connectivity index (χ0v) is 15.5. The van der Waals surface area contributed by atoms with Crippen molar-refractivity contribution in [3.05, 3.63) is 18.5 Å². The fourth-order valence-electron chi connectivity index (χ4n) is 3.26. The highest BCUT2D eigenvalue weighted by Crippen LogP contribution is 2.26. The van der Waals surface area contributed by atoms with E-state index in [-0.39, 0.29) is 12.0 Å². The third kappa shape index (κ3) is 5.25. The second-order valence-electron chi connectivity index (χ2n) is 6.92. The number of H-pyrrole nitrogens is 1. The number of hydrogen-bond acceptors (Lipinski definition) is 7. The van der Waals surface area contributed by atoms with Crippen LogP contribution in [0.25, 0.3) is 0 Å². The van der Waals surface area contributed by atoms with Crippen molar-refractivity contribution < 1.29 is 18.3 Å². The zero-order chi connectivity index (χ0) is 19.4. The van der Waals surface area contributed by atoms with Gasteiger partial charge in [-0.1, -0.05) is 13.8 Å². The Morgan fingerprint density at radius 1 is 1.30 bits per heavy atom. The second kappa shape index (κ2) is 8.47. The lowest BCUT2D eigenvalue weighted by Gasteiger charge is -2.39. The highest BCUT2D eigenvalue weighted by molar-refractivity contribution is 5.51. The van der Waals surface area contributed by atoms with Gasteiger partial charge < -0.3 is 19.7 Å². The molecule has 0 aliphatic carbocycles. The molecule has 0 aromatic carbocycles. The molecule has 1 fully saturated rings. The van der Waals surface area contributed by atoms with Crippen LogP contribution < -0.4 is 14.8 Å². The molecule has 148 valence electrons. The summed E-state index contributed by atoms with van der Waals surface area (Å²) in [6.07, 6.45) is 5.01. The molecule has 3 rings (SSSR count). The predicted molar refractivity (Wildman–Crippen MR) is 95.4 cm³/mol. The minimum Gasteiger partial charge on any atom is -0.473 e. The van der Waals surface area contributed by atoms with Crippen molar-refractivity contribution in [1.29, 1.82) is 0 Å². The lowest BCUT2D eigenvalue weighted by atomic mass is 9.91. The molecule has 1 saturated heterocycles. The highest BCUT2D eigenvalue weighted by atomic mass is 19.3. The number of nitrogens with zero attached hydrogens (tertiary/aromatic N) is 4. The molecule has 0 radical (unpaired) electrons. The minimum absolute atomic E-state index is 0.0800. The van der Waals surface area contributed by atoms with E-state index in [9.17, 15) is 8.78 Å². The molecule has 2 atom stereocenters. The Morgan fingerprint density at radius 2 is 2.11 bits per heavy atom. The van der Waals surface area contributed by atoms with Crippen LogP contribution in [0.15, 0.2) is 18.5 Å². The third-order valence-electron chi connectivity index (χ3n) is 4.57. The van der Waals surface area contributed by atoms with E-state index in [1.54, 1.807) is 6.20 Å². The van der Waals surface area contributed by atoms with Gasteiger partial charge in [-0.15, -0.1) is 5.10 Å². The summed E-state index contributed by atoms with van der Waals surface area (Å²) in [5, 5.41) is 9.08. The van der Waals surface area contributed by atoms with E-state index in [1.807, 2.05) is 0 Å². The van der Waals surface area contributed by atoms with Crippen molar-refractivity contribution >= 4 is 11.6 Å². The Labute approximate surface area is 156 Å². The maximum atomic E-state index is 12.2. The summed E-state index contributed by atoms with van der Waals surface area (Å²) in [6, 6.07) is 1.78. The summed E-state index contributed by atoms with van der Waals surface area (Å²) in [4.78, 5) is 10.9. The average Bonchev–Trinajstić information content (AvgIpc) is 3.03. The monoisotopic (exact) mass is 382 g/mol. The first-order valence-corrected chi connectivity index (χ1v) is 8.87. The van der Waals surface area contributed by atoms with E-state index in [0.29, 0.717) is 29.5 Å². The van der Waals surface area contributed by atoms with Gasteiger partial charge >= 0.3 is 6.61 Å². The first-order chi connectivity index (χ1) is 12.9. The highest BCUT2D eigenvalue weighted by Gasteiger charge is 2.29. The van der Waals surface area contributed by atoms with Gasteiger partial charge in [0.05, 0.1) is 12.4 Å². The standard InChI is InChI=1S/C17H24F2N6O2/c1-10(2)12-6-11(4-5-25(12)3)26-16-9-20-8-14(22-16)21-13-7-15(24-23-13)27-17(18)19/h7-12,17H,4-6H2,1-3H3,(H2,21,22,23,24)/t11?,12-/m1/s1. The Hall–Kier alpha value is -2.49. The summed E-state index contributed by atoms with van der Waals surface area (Å²) in [5.41, 5.74) is 0. The number of hydrogen-bond donors (Lipinski definition) is 2. The Morgan fingerprint density at radius 3 is 2.85 bits per heavy atom. The Balaban J connectivity index is 1.61. The topological polar surface area (TPSA) is 88.2 Å². The maximum absolute atomic E-state index is 12.2. The summed E-state index contributed by atoms with van der Waals surface area (Å²) in [5.74, 6) is 1.52. The van der Waals surface area contributed by atoms with Crippen LogP contribution in [-0.4, -0.2) is 57.4 Å². The average molecular weight is 382 g/mol. The molecule has 0 saturated carbocycles. The quantitative estimate of drug-likeness (QED) is 0.761. The molecular weight excluding hydrogens is 358 g/mol. The van der Waals surface area contributed by atoms with Gasteiger partial charge in [0.2, 0.25) is 11.8 Å². The number of aromatic nitrogens is 4. The molecule has 0 spiro atoms. The number of anilines is 2. The van der Waals surface area contributed by atoms with Gasteiger partial charge in [-0.25, -0.2) is 0 Å². The number of ether oxygens (including phenoxy) is 2. The van der Waals surface area contributed by atoms with Crippen LogP contribution in [0.3, 0.4) is 0 Å². The van der Waals surface area contributed by atoms with Crippen molar-refractivity contribution in [3.63, 3.8) is 0 Å². The van der Waals surface area contributed by atoms with Crippen LogP contribution in [0, 0.1) is 5.92 Å². The van der Waals surface area contributed by atoms with Crippen LogP contribution in [0.4, 0.5) is 20.4 Å². The zero-order valence-electron chi connectivity index (χ0n) is 15.5. The number of aromatic amines is 1. The van der Waals surface area contributed by atoms with Crippen LogP contribution in [0.1, 0.15) is 26.7 Å². The minimum atomic E-state index is -2.93. The van der Waals surface area contributed by atoms with Gasteiger partial charge in [0, 0.05) is 25.1 Å². The summed E-state index contributed by atoms with van der Waals surface area (Å²) >= 11 is 0. The van der Waals surface area contributed by atoms with E-state index in [1.165, 1.54) is 12.3 Å². The van der Waals surface area contributed by atoms with Crippen molar-refractivity contribution in [2.75, 3.05) is 18.9 Å². The molecule has 2 N–H and O–H groups in total. The molecule has 1 aliphatic heterocycles. The van der Waals surface area contributed by atoms with Crippen LogP contribution >= 0.6 is 0 Å². The Bertz CT molecular complexity index is 742. The molecule has 10 heteroatoms. The lowest BCUT2D eigenvalue weighted by molar-refractivity contribution is -0.0528. The molecule has 27 heavy (non-hydrogen) atoms. The number of alkyl halides is 2. The van der Waals surface area contributed by atoms with Crippen LogP contribution in [0.2, 0.25) is 0 Å². The normalized spacial score (nSPS) is 20.9. The van der Waals surface area contributed by atoms with E-state index in [0.717, 1.165) is 19.4 Å². The fraction of sp³-hybridized carbons (Fsp3) is 0.588. The molecule has 0 amide bonds. The molecule has 3 heterocycles. The molecular formula is C17H24F2N6O2. The summed E-state index contributed by atoms with van der Waals surface area (Å²) in [7, 11) is 2.14. The van der Waals surface area contributed by atoms with Gasteiger partial charge in [-0.3, -0.25) is 10.1 Å². The van der Waals surface area contributed by atoms with E-state index in [4.69, 9.17) is 4.74 Å². The van der Waals surface area contributed by atoms with Crippen molar-refractivity contribution in [1.82, 2.24) is 25.1 Å². The number of piperidine rings is 1. The van der Waals surface area contributed by atoms with Gasteiger partial charge in [-0.2, -0.15) is 13.8 Å². The van der Waals surface area contributed by atoms with Crippen molar-refractivity contribution in [3.8, 4) is 11.8 Å². The van der Waals surface area contributed by atoms with Gasteiger partial charge in [-0.05, 0) is 19.4 Å². The Kier molecular flexibility index (Phi) is 6.04. The lowest BCUT2D eigenvalue weighted by Crippen LogP contribution is -2.46. The number of halogens is 2. The molecule has 8 nitrogen and oxygen atoms in total.